The maximum Gasteiger partial charge on any atom is 0.325 e. The highest BCUT2D eigenvalue weighted by molar-refractivity contribution is 5.77. The Balaban J connectivity index is 3.24. The quantitative estimate of drug-likeness (QED) is 0.740. The Kier molecular flexibility index (Phi) is 5.33. The topological polar surface area (TPSA) is 60.8 Å². The van der Waals surface area contributed by atoms with Crippen molar-refractivity contribution in [2.75, 3.05) is 13.1 Å². The second-order valence-electron chi connectivity index (χ2n) is 4.33. The molecule has 4 heteroatoms. The molecule has 19 heavy (non-hydrogen) atoms. The van der Waals surface area contributed by atoms with Crippen molar-refractivity contribution < 1.29 is 15.0 Å². The number of rotatable bonds is 7. The normalized spacial score (nSPS) is 12.1. The molecule has 1 rings (SSSR count). The van der Waals surface area contributed by atoms with Gasteiger partial charge in [0.1, 0.15) is 11.8 Å². The summed E-state index contributed by atoms with van der Waals surface area (Å²) in [5.41, 5.74) is 1.28. The summed E-state index contributed by atoms with van der Waals surface area (Å²) in [6.45, 7) is 9.91. The first-order valence-electron chi connectivity index (χ1n) is 5.99. The van der Waals surface area contributed by atoms with Gasteiger partial charge < -0.3 is 10.2 Å². The van der Waals surface area contributed by atoms with E-state index in [2.05, 4.69) is 13.2 Å². The SMILES string of the molecule is C=CCN(CC=C)C(C(=O)O)c1cc(C)ccc1O. The van der Waals surface area contributed by atoms with E-state index >= 15 is 0 Å². The third kappa shape index (κ3) is 3.69. The lowest BCUT2D eigenvalue weighted by Gasteiger charge is -2.27. The van der Waals surface area contributed by atoms with Gasteiger partial charge >= 0.3 is 5.97 Å². The summed E-state index contributed by atoms with van der Waals surface area (Å²) < 4.78 is 0. The second kappa shape index (κ2) is 6.75. The van der Waals surface area contributed by atoms with E-state index in [1.807, 2.05) is 6.92 Å². The van der Waals surface area contributed by atoms with Crippen molar-refractivity contribution in [1.29, 1.82) is 0 Å². The smallest absolute Gasteiger partial charge is 0.325 e. The fraction of sp³-hybridized carbons (Fsp3) is 0.267. The minimum absolute atomic E-state index is 0.0175. The Hall–Kier alpha value is -2.07. The molecule has 0 bridgehead atoms. The van der Waals surface area contributed by atoms with Crippen LogP contribution in [0.1, 0.15) is 17.2 Å². The van der Waals surface area contributed by atoms with Crippen LogP contribution < -0.4 is 0 Å². The minimum Gasteiger partial charge on any atom is -0.508 e. The van der Waals surface area contributed by atoms with Gasteiger partial charge in [0.15, 0.2) is 0 Å². The van der Waals surface area contributed by atoms with Crippen LogP contribution in [0, 0.1) is 6.92 Å². The van der Waals surface area contributed by atoms with E-state index in [4.69, 9.17) is 0 Å². The first-order valence-corrected chi connectivity index (χ1v) is 5.99. The third-order valence-electron chi connectivity index (χ3n) is 2.80. The van der Waals surface area contributed by atoms with Crippen molar-refractivity contribution in [3.63, 3.8) is 0 Å². The minimum atomic E-state index is -1.01. The number of phenols is 1. The third-order valence-corrected chi connectivity index (χ3v) is 2.80. The Labute approximate surface area is 113 Å². The van der Waals surface area contributed by atoms with E-state index in [1.165, 1.54) is 6.07 Å². The van der Waals surface area contributed by atoms with Gasteiger partial charge in [0.2, 0.25) is 0 Å². The van der Waals surface area contributed by atoms with Gasteiger partial charge in [-0.3, -0.25) is 9.69 Å². The lowest BCUT2D eigenvalue weighted by Crippen LogP contribution is -2.34. The Morgan fingerprint density at radius 1 is 1.37 bits per heavy atom. The molecule has 0 amide bonds. The van der Waals surface area contributed by atoms with Crippen LogP contribution in [-0.2, 0) is 4.79 Å². The molecule has 0 radical (unpaired) electrons. The summed E-state index contributed by atoms with van der Waals surface area (Å²) in [7, 11) is 0. The maximum atomic E-state index is 11.5. The highest BCUT2D eigenvalue weighted by atomic mass is 16.4. The summed E-state index contributed by atoms with van der Waals surface area (Å²) >= 11 is 0. The maximum absolute atomic E-state index is 11.5. The number of carboxylic acids is 1. The first kappa shape index (κ1) is 15.0. The van der Waals surface area contributed by atoms with Crippen LogP contribution in [0.4, 0.5) is 0 Å². The number of carbonyl (C=O) groups is 1. The molecular weight excluding hydrogens is 242 g/mol. The average Bonchev–Trinajstić information content (AvgIpc) is 2.34. The molecule has 0 aliphatic rings. The summed E-state index contributed by atoms with van der Waals surface area (Å²) in [5, 5.41) is 19.3. The van der Waals surface area contributed by atoms with Gasteiger partial charge in [0.05, 0.1) is 0 Å². The van der Waals surface area contributed by atoms with Crippen LogP contribution >= 0.6 is 0 Å². The molecular formula is C15H19NO3. The Morgan fingerprint density at radius 2 is 1.95 bits per heavy atom. The zero-order valence-corrected chi connectivity index (χ0v) is 11.0. The standard InChI is InChI=1S/C15H19NO3/c1-4-8-16(9-5-2)14(15(18)19)12-10-11(3)6-7-13(12)17/h4-7,10,14,17H,1-2,8-9H2,3H3,(H,18,19). The van der Waals surface area contributed by atoms with Crippen molar-refractivity contribution in [3.05, 3.63) is 54.6 Å². The molecule has 1 atom stereocenters. The zero-order chi connectivity index (χ0) is 14.4. The number of carboxylic acid groups (broad SMARTS) is 1. The molecule has 1 aromatic carbocycles. The van der Waals surface area contributed by atoms with Crippen LogP contribution in [0.2, 0.25) is 0 Å². The van der Waals surface area contributed by atoms with Gasteiger partial charge in [-0.15, -0.1) is 13.2 Å². The number of aryl methyl sites for hydroxylation is 1. The summed E-state index contributed by atoms with van der Waals surface area (Å²) in [6.07, 6.45) is 3.26. The van der Waals surface area contributed by atoms with Crippen molar-refractivity contribution in [1.82, 2.24) is 4.90 Å². The number of nitrogens with zero attached hydrogens (tertiary/aromatic N) is 1. The molecule has 102 valence electrons. The molecule has 0 heterocycles. The fourth-order valence-electron chi connectivity index (χ4n) is 2.00. The highest BCUT2D eigenvalue weighted by Crippen LogP contribution is 2.29. The molecule has 0 spiro atoms. The molecule has 2 N–H and O–H groups in total. The predicted molar refractivity (Wildman–Crippen MR) is 75.2 cm³/mol. The lowest BCUT2D eigenvalue weighted by atomic mass is 10.0. The Bertz CT molecular complexity index is 472. The first-order chi connectivity index (χ1) is 9.01. The zero-order valence-electron chi connectivity index (χ0n) is 11.0. The number of hydrogen-bond acceptors (Lipinski definition) is 3. The van der Waals surface area contributed by atoms with Gasteiger partial charge in [-0.05, 0) is 13.0 Å². The van der Waals surface area contributed by atoms with E-state index in [0.717, 1.165) is 5.56 Å². The highest BCUT2D eigenvalue weighted by Gasteiger charge is 2.28. The van der Waals surface area contributed by atoms with Crippen molar-refractivity contribution in [2.45, 2.75) is 13.0 Å². The van der Waals surface area contributed by atoms with Crippen LogP contribution in [0.15, 0.2) is 43.5 Å². The van der Waals surface area contributed by atoms with Crippen molar-refractivity contribution in [3.8, 4) is 5.75 Å². The van der Waals surface area contributed by atoms with Crippen LogP contribution in [0.3, 0.4) is 0 Å². The molecule has 0 aromatic heterocycles. The van der Waals surface area contributed by atoms with E-state index in [1.54, 1.807) is 29.2 Å². The number of phenolic OH excluding ortho intramolecular Hbond substituents is 1. The molecule has 0 fully saturated rings. The molecule has 1 unspecified atom stereocenters. The summed E-state index contributed by atoms with van der Waals surface area (Å²) in [4.78, 5) is 13.2. The van der Waals surface area contributed by atoms with E-state index in [-0.39, 0.29) is 5.75 Å². The largest absolute Gasteiger partial charge is 0.508 e. The monoisotopic (exact) mass is 261 g/mol. The average molecular weight is 261 g/mol. The summed E-state index contributed by atoms with van der Waals surface area (Å²) in [5.74, 6) is -1.03. The molecule has 0 saturated heterocycles. The van der Waals surface area contributed by atoms with Crippen LogP contribution in [-0.4, -0.2) is 34.2 Å². The number of aromatic hydroxyl groups is 1. The Morgan fingerprint density at radius 3 is 2.42 bits per heavy atom. The van der Waals surface area contributed by atoms with Crippen LogP contribution in [0.25, 0.3) is 0 Å². The van der Waals surface area contributed by atoms with Gasteiger partial charge in [0, 0.05) is 18.7 Å². The number of hydrogen-bond donors (Lipinski definition) is 2. The fourth-order valence-corrected chi connectivity index (χ4v) is 2.00. The van der Waals surface area contributed by atoms with E-state index in [9.17, 15) is 15.0 Å². The second-order valence-corrected chi connectivity index (χ2v) is 4.33. The van der Waals surface area contributed by atoms with E-state index < -0.39 is 12.0 Å². The van der Waals surface area contributed by atoms with Gasteiger partial charge in [-0.1, -0.05) is 29.8 Å². The molecule has 1 aromatic rings. The van der Waals surface area contributed by atoms with Crippen molar-refractivity contribution >= 4 is 5.97 Å². The number of aliphatic carboxylic acids is 1. The van der Waals surface area contributed by atoms with Crippen LogP contribution in [0.5, 0.6) is 5.75 Å². The molecule has 4 nitrogen and oxygen atoms in total. The molecule has 0 saturated carbocycles. The van der Waals surface area contributed by atoms with Gasteiger partial charge in [-0.25, -0.2) is 0 Å². The van der Waals surface area contributed by atoms with Gasteiger partial charge in [-0.2, -0.15) is 0 Å². The molecule has 0 aliphatic carbocycles. The lowest BCUT2D eigenvalue weighted by molar-refractivity contribution is -0.143. The predicted octanol–water partition coefficient (Wildman–Crippen LogP) is 2.50. The van der Waals surface area contributed by atoms with Crippen molar-refractivity contribution in [2.24, 2.45) is 0 Å². The number of benzene rings is 1. The summed E-state index contributed by atoms with van der Waals surface area (Å²) in [6, 6.07) is 4.02. The van der Waals surface area contributed by atoms with E-state index in [0.29, 0.717) is 18.7 Å². The van der Waals surface area contributed by atoms with Gasteiger partial charge in [0.25, 0.3) is 0 Å². The molecule has 0 aliphatic heterocycles.